The normalized spacial score (nSPS) is 13.5. The van der Waals surface area contributed by atoms with Gasteiger partial charge in [-0.15, -0.1) is 0 Å². The second-order valence-corrected chi connectivity index (χ2v) is 4.67. The maximum atomic E-state index is 11.8. The number of amides is 1. The molecule has 0 bridgehead atoms. The average Bonchev–Trinajstić information content (AvgIpc) is 2.41. The summed E-state index contributed by atoms with van der Waals surface area (Å²) in [6.45, 7) is 1.83. The number of hydrogen-bond acceptors (Lipinski definition) is 4. The monoisotopic (exact) mass is 280 g/mol. The van der Waals surface area contributed by atoms with E-state index < -0.39 is 17.9 Å². The second-order valence-electron chi connectivity index (χ2n) is 4.67. The zero-order chi connectivity index (χ0) is 15.1. The van der Waals surface area contributed by atoms with Crippen LogP contribution < -0.4 is 11.1 Å². The van der Waals surface area contributed by atoms with Crippen molar-refractivity contribution in [1.82, 2.24) is 5.32 Å². The third kappa shape index (κ3) is 4.89. The summed E-state index contributed by atoms with van der Waals surface area (Å²) in [6.07, 6.45) is 0.777. The molecule has 0 heterocycles. The number of phenolic OH excluding ortho intramolecular Hbond substituents is 1. The van der Waals surface area contributed by atoms with Crippen LogP contribution in [0.2, 0.25) is 0 Å². The Hall–Kier alpha value is -2.08. The number of rotatable bonds is 7. The molecule has 5 N–H and O–H groups in total. The highest BCUT2D eigenvalue weighted by molar-refractivity contribution is 5.82. The van der Waals surface area contributed by atoms with Crippen LogP contribution in [0.1, 0.15) is 18.9 Å². The molecule has 0 aliphatic heterocycles. The fourth-order valence-electron chi connectivity index (χ4n) is 1.74. The molecule has 20 heavy (non-hydrogen) atoms. The summed E-state index contributed by atoms with van der Waals surface area (Å²) < 4.78 is 0. The highest BCUT2D eigenvalue weighted by Gasteiger charge is 2.19. The number of aromatic hydroxyl groups is 1. The van der Waals surface area contributed by atoms with Gasteiger partial charge < -0.3 is 21.3 Å². The molecule has 0 saturated carbocycles. The standard InChI is InChI=1S/C14H20N2O4/c1-2-10(14(19)20)8-16-13(18)12(15)7-9-3-5-11(17)6-4-9/h3-6,10,12,17H,2,7-8,15H2,1H3,(H,16,18)(H,19,20)/t10?,12-/m1/s1. The van der Waals surface area contributed by atoms with Gasteiger partial charge in [0.25, 0.3) is 0 Å². The van der Waals surface area contributed by atoms with E-state index in [1.807, 2.05) is 0 Å². The summed E-state index contributed by atoms with van der Waals surface area (Å²) >= 11 is 0. The van der Waals surface area contributed by atoms with Gasteiger partial charge in [-0.1, -0.05) is 19.1 Å². The minimum Gasteiger partial charge on any atom is -0.508 e. The predicted molar refractivity (Wildman–Crippen MR) is 74.2 cm³/mol. The van der Waals surface area contributed by atoms with E-state index >= 15 is 0 Å². The summed E-state index contributed by atoms with van der Waals surface area (Å²) in [7, 11) is 0. The third-order valence-corrected chi connectivity index (χ3v) is 3.09. The molecule has 0 aromatic heterocycles. The van der Waals surface area contributed by atoms with Gasteiger partial charge in [0.1, 0.15) is 5.75 Å². The van der Waals surface area contributed by atoms with Crippen molar-refractivity contribution in [3.8, 4) is 5.75 Å². The minimum absolute atomic E-state index is 0.0773. The summed E-state index contributed by atoms with van der Waals surface area (Å²) in [5.41, 5.74) is 6.60. The molecule has 6 nitrogen and oxygen atoms in total. The van der Waals surface area contributed by atoms with E-state index in [9.17, 15) is 9.59 Å². The Labute approximate surface area is 117 Å². The van der Waals surface area contributed by atoms with E-state index in [0.717, 1.165) is 5.56 Å². The quantitative estimate of drug-likeness (QED) is 0.580. The highest BCUT2D eigenvalue weighted by Crippen LogP contribution is 2.11. The molecule has 0 radical (unpaired) electrons. The fourth-order valence-corrected chi connectivity index (χ4v) is 1.74. The van der Waals surface area contributed by atoms with Crippen molar-refractivity contribution in [2.24, 2.45) is 11.7 Å². The smallest absolute Gasteiger partial charge is 0.308 e. The van der Waals surface area contributed by atoms with E-state index in [0.29, 0.717) is 12.8 Å². The van der Waals surface area contributed by atoms with Crippen LogP contribution in [0.15, 0.2) is 24.3 Å². The van der Waals surface area contributed by atoms with Gasteiger partial charge in [0, 0.05) is 6.54 Å². The van der Waals surface area contributed by atoms with Gasteiger partial charge in [0.15, 0.2) is 0 Å². The molecule has 0 fully saturated rings. The molecule has 0 saturated heterocycles. The number of nitrogens with two attached hydrogens (primary N) is 1. The molecule has 0 aliphatic carbocycles. The van der Waals surface area contributed by atoms with Crippen LogP contribution in [-0.4, -0.2) is 34.7 Å². The SMILES string of the molecule is CCC(CNC(=O)[C@H](N)Cc1ccc(O)cc1)C(=O)O. The molecule has 0 aliphatic rings. The predicted octanol–water partition coefficient (Wildman–Crippen LogP) is 0.489. The van der Waals surface area contributed by atoms with Crippen molar-refractivity contribution in [3.05, 3.63) is 29.8 Å². The van der Waals surface area contributed by atoms with Crippen molar-refractivity contribution in [1.29, 1.82) is 0 Å². The lowest BCUT2D eigenvalue weighted by Gasteiger charge is -2.15. The van der Waals surface area contributed by atoms with E-state index in [2.05, 4.69) is 5.32 Å². The first kappa shape index (κ1) is 16.0. The van der Waals surface area contributed by atoms with Crippen LogP contribution >= 0.6 is 0 Å². The Kier molecular flexibility index (Phi) is 5.99. The number of carboxylic acids is 1. The van der Waals surface area contributed by atoms with Gasteiger partial charge in [0.05, 0.1) is 12.0 Å². The maximum absolute atomic E-state index is 11.8. The molecule has 110 valence electrons. The van der Waals surface area contributed by atoms with Crippen LogP contribution in [-0.2, 0) is 16.0 Å². The number of hydrogen-bond donors (Lipinski definition) is 4. The van der Waals surface area contributed by atoms with Crippen molar-refractivity contribution in [3.63, 3.8) is 0 Å². The zero-order valence-corrected chi connectivity index (χ0v) is 11.4. The van der Waals surface area contributed by atoms with Gasteiger partial charge in [0.2, 0.25) is 5.91 Å². The molecular weight excluding hydrogens is 260 g/mol. The van der Waals surface area contributed by atoms with Gasteiger partial charge in [-0.2, -0.15) is 0 Å². The minimum atomic E-state index is -0.931. The molecule has 0 spiro atoms. The first-order valence-electron chi connectivity index (χ1n) is 6.48. The largest absolute Gasteiger partial charge is 0.508 e. The number of phenols is 1. The maximum Gasteiger partial charge on any atom is 0.308 e. The Morgan fingerprint density at radius 2 is 1.90 bits per heavy atom. The zero-order valence-electron chi connectivity index (χ0n) is 11.4. The van der Waals surface area contributed by atoms with Gasteiger partial charge in [-0.05, 0) is 30.5 Å². The van der Waals surface area contributed by atoms with E-state index in [-0.39, 0.29) is 18.2 Å². The molecule has 1 unspecified atom stereocenters. The average molecular weight is 280 g/mol. The Bertz CT molecular complexity index is 459. The topological polar surface area (TPSA) is 113 Å². The summed E-state index contributed by atoms with van der Waals surface area (Å²) in [4.78, 5) is 22.6. The van der Waals surface area contributed by atoms with Crippen molar-refractivity contribution < 1.29 is 19.8 Å². The third-order valence-electron chi connectivity index (χ3n) is 3.09. The summed E-state index contributed by atoms with van der Waals surface area (Å²) in [6, 6.07) is 5.68. The number of aliphatic carboxylic acids is 1. The van der Waals surface area contributed by atoms with Crippen LogP contribution in [0.4, 0.5) is 0 Å². The molecule has 2 atom stereocenters. The molecule has 1 rings (SSSR count). The number of benzene rings is 1. The van der Waals surface area contributed by atoms with Crippen LogP contribution in [0.25, 0.3) is 0 Å². The Morgan fingerprint density at radius 3 is 2.40 bits per heavy atom. The second kappa shape index (κ2) is 7.49. The van der Waals surface area contributed by atoms with E-state index in [1.54, 1.807) is 19.1 Å². The highest BCUT2D eigenvalue weighted by atomic mass is 16.4. The molecule has 6 heteroatoms. The summed E-state index contributed by atoms with van der Waals surface area (Å²) in [5.74, 6) is -1.75. The van der Waals surface area contributed by atoms with Gasteiger partial charge in [-0.25, -0.2) is 0 Å². The number of nitrogens with one attached hydrogen (secondary N) is 1. The van der Waals surface area contributed by atoms with Gasteiger partial charge in [-0.3, -0.25) is 9.59 Å². The lowest BCUT2D eigenvalue weighted by Crippen LogP contribution is -2.44. The van der Waals surface area contributed by atoms with Crippen LogP contribution in [0, 0.1) is 5.92 Å². The summed E-state index contributed by atoms with van der Waals surface area (Å²) in [5, 5.41) is 20.6. The first-order chi connectivity index (χ1) is 9.43. The lowest BCUT2D eigenvalue weighted by molar-refractivity contribution is -0.141. The van der Waals surface area contributed by atoms with Crippen LogP contribution in [0.5, 0.6) is 5.75 Å². The van der Waals surface area contributed by atoms with Crippen molar-refractivity contribution >= 4 is 11.9 Å². The van der Waals surface area contributed by atoms with Crippen LogP contribution in [0.3, 0.4) is 0 Å². The Morgan fingerprint density at radius 1 is 1.30 bits per heavy atom. The van der Waals surface area contributed by atoms with Crippen molar-refractivity contribution in [2.75, 3.05) is 6.54 Å². The van der Waals surface area contributed by atoms with E-state index in [4.69, 9.17) is 15.9 Å². The first-order valence-corrected chi connectivity index (χ1v) is 6.48. The lowest BCUT2D eigenvalue weighted by atomic mass is 10.0. The fraction of sp³-hybridized carbons (Fsp3) is 0.429. The van der Waals surface area contributed by atoms with E-state index in [1.165, 1.54) is 12.1 Å². The van der Waals surface area contributed by atoms with Gasteiger partial charge >= 0.3 is 5.97 Å². The molecule has 1 aromatic carbocycles. The molecular formula is C14H20N2O4. The van der Waals surface area contributed by atoms with Crippen molar-refractivity contribution in [2.45, 2.75) is 25.8 Å². The molecule has 1 amide bonds. The number of carbonyl (C=O) groups is 2. The number of carboxylic acid groups (broad SMARTS) is 1. The number of carbonyl (C=O) groups excluding carboxylic acids is 1. The Balaban J connectivity index is 2.46. The molecule has 1 aromatic rings.